The molecule has 0 aromatic heterocycles. The van der Waals surface area contributed by atoms with E-state index in [9.17, 15) is 9.90 Å². The van der Waals surface area contributed by atoms with Crippen molar-refractivity contribution in [1.82, 2.24) is 4.90 Å². The lowest BCUT2D eigenvalue weighted by atomic mass is 9.94. The van der Waals surface area contributed by atoms with Crippen molar-refractivity contribution in [2.45, 2.75) is 39.2 Å². The number of benzene rings is 1. The molecule has 0 aliphatic carbocycles. The Morgan fingerprint density at radius 2 is 2.25 bits per heavy atom. The summed E-state index contributed by atoms with van der Waals surface area (Å²) in [6.45, 7) is 7.80. The molecule has 1 aliphatic heterocycles. The van der Waals surface area contributed by atoms with Crippen molar-refractivity contribution >= 4 is 11.6 Å². The van der Waals surface area contributed by atoms with Crippen molar-refractivity contribution in [2.75, 3.05) is 25.0 Å². The fraction of sp³-hybridized carbons (Fsp3) is 0.562. The Kier molecular flexibility index (Phi) is 4.33. The highest BCUT2D eigenvalue weighted by molar-refractivity contribution is 5.96. The first-order valence-electron chi connectivity index (χ1n) is 7.29. The quantitative estimate of drug-likeness (QED) is 0.891. The lowest BCUT2D eigenvalue weighted by Gasteiger charge is -2.37. The number of hydrogen-bond acceptors (Lipinski definition) is 3. The zero-order valence-electron chi connectivity index (χ0n) is 12.6. The summed E-state index contributed by atoms with van der Waals surface area (Å²) in [6.07, 6.45) is 1.61. The maximum Gasteiger partial charge on any atom is 0.254 e. The minimum atomic E-state index is -0.758. The lowest BCUT2D eigenvalue weighted by molar-refractivity contribution is -0.0107. The van der Waals surface area contributed by atoms with Gasteiger partial charge in [0.25, 0.3) is 5.91 Å². The van der Waals surface area contributed by atoms with Crippen LogP contribution in [0.25, 0.3) is 0 Å². The summed E-state index contributed by atoms with van der Waals surface area (Å²) >= 11 is 0. The smallest absolute Gasteiger partial charge is 0.254 e. The number of nitrogens with zero attached hydrogens (tertiary/aromatic N) is 1. The Labute approximate surface area is 120 Å². The number of piperidine rings is 1. The van der Waals surface area contributed by atoms with Crippen molar-refractivity contribution < 1.29 is 9.90 Å². The van der Waals surface area contributed by atoms with Crippen LogP contribution in [0.5, 0.6) is 0 Å². The van der Waals surface area contributed by atoms with Crippen LogP contribution in [0.2, 0.25) is 0 Å². The Bertz CT molecular complexity index is 497. The van der Waals surface area contributed by atoms with E-state index < -0.39 is 5.60 Å². The summed E-state index contributed by atoms with van der Waals surface area (Å²) in [5, 5.41) is 13.4. The highest BCUT2D eigenvalue weighted by Crippen LogP contribution is 2.23. The van der Waals surface area contributed by atoms with Crippen LogP contribution in [-0.2, 0) is 0 Å². The molecule has 110 valence electrons. The predicted molar refractivity (Wildman–Crippen MR) is 81.1 cm³/mol. The number of aryl methyl sites for hydroxylation is 1. The number of nitrogens with one attached hydrogen (secondary N) is 1. The fourth-order valence-electron chi connectivity index (χ4n) is 2.78. The average Bonchev–Trinajstić information content (AvgIpc) is 2.37. The second-order valence-electron chi connectivity index (χ2n) is 5.89. The molecule has 0 saturated carbocycles. The first kappa shape index (κ1) is 14.9. The van der Waals surface area contributed by atoms with Gasteiger partial charge in [-0.05, 0) is 57.4 Å². The molecule has 4 heteroatoms. The van der Waals surface area contributed by atoms with E-state index in [1.807, 2.05) is 32.0 Å². The second kappa shape index (κ2) is 5.83. The molecule has 1 amide bonds. The number of aliphatic hydroxyl groups is 1. The maximum atomic E-state index is 12.6. The molecule has 0 spiro atoms. The molecule has 1 saturated heterocycles. The molecule has 1 aromatic carbocycles. The van der Waals surface area contributed by atoms with Crippen LogP contribution >= 0.6 is 0 Å². The largest absolute Gasteiger partial charge is 0.388 e. The molecule has 4 nitrogen and oxygen atoms in total. The Hall–Kier alpha value is -1.55. The molecule has 1 heterocycles. The molecule has 1 atom stereocenters. The molecule has 0 radical (unpaired) electrons. The van der Waals surface area contributed by atoms with Gasteiger partial charge in [-0.15, -0.1) is 0 Å². The Morgan fingerprint density at radius 3 is 2.85 bits per heavy atom. The number of carbonyl (C=O) groups is 1. The van der Waals surface area contributed by atoms with Gasteiger partial charge in [0, 0.05) is 30.9 Å². The Morgan fingerprint density at radius 1 is 1.50 bits per heavy atom. The molecule has 20 heavy (non-hydrogen) atoms. The number of β-amino-alcohol motifs (C(OH)–C–C–N with tert-alkyl or cyclic N) is 1. The van der Waals surface area contributed by atoms with Crippen molar-refractivity contribution in [3.8, 4) is 0 Å². The van der Waals surface area contributed by atoms with Crippen LogP contribution in [0, 0.1) is 6.92 Å². The van der Waals surface area contributed by atoms with Crippen LogP contribution in [0.15, 0.2) is 18.2 Å². The minimum absolute atomic E-state index is 0.0190. The van der Waals surface area contributed by atoms with E-state index in [4.69, 9.17) is 0 Å². The summed E-state index contributed by atoms with van der Waals surface area (Å²) in [5.41, 5.74) is 1.97. The summed E-state index contributed by atoms with van der Waals surface area (Å²) in [7, 11) is 0. The van der Waals surface area contributed by atoms with Crippen molar-refractivity contribution in [2.24, 2.45) is 0 Å². The highest BCUT2D eigenvalue weighted by atomic mass is 16.3. The molecular weight excluding hydrogens is 252 g/mol. The number of hydrogen-bond donors (Lipinski definition) is 2. The van der Waals surface area contributed by atoms with Gasteiger partial charge in [0.2, 0.25) is 0 Å². The third-order valence-electron chi connectivity index (χ3n) is 3.80. The van der Waals surface area contributed by atoms with Crippen LogP contribution < -0.4 is 5.32 Å². The van der Waals surface area contributed by atoms with Crippen molar-refractivity contribution in [3.05, 3.63) is 29.3 Å². The maximum absolute atomic E-state index is 12.6. The van der Waals surface area contributed by atoms with E-state index >= 15 is 0 Å². The van der Waals surface area contributed by atoms with Gasteiger partial charge >= 0.3 is 0 Å². The monoisotopic (exact) mass is 276 g/mol. The predicted octanol–water partition coefficient (Wildman–Crippen LogP) is 2.41. The van der Waals surface area contributed by atoms with Gasteiger partial charge in [-0.25, -0.2) is 0 Å². The molecule has 1 fully saturated rings. The standard InChI is InChI=1S/C16H24N2O2/c1-4-17-13-6-7-14(12(2)10-13)15(19)18-9-5-8-16(3,20)11-18/h6-7,10,17,20H,4-5,8-9,11H2,1-3H3. The van der Waals surface area contributed by atoms with Crippen molar-refractivity contribution in [3.63, 3.8) is 0 Å². The SMILES string of the molecule is CCNc1ccc(C(=O)N2CCCC(C)(O)C2)c(C)c1. The third kappa shape index (κ3) is 3.31. The molecule has 0 bridgehead atoms. The normalized spacial score (nSPS) is 22.7. The number of rotatable bonds is 3. The topological polar surface area (TPSA) is 52.6 Å². The molecular formula is C16H24N2O2. The second-order valence-corrected chi connectivity index (χ2v) is 5.89. The molecule has 2 N–H and O–H groups in total. The van der Waals surface area contributed by atoms with Crippen LogP contribution in [-0.4, -0.2) is 41.1 Å². The summed E-state index contributed by atoms with van der Waals surface area (Å²) < 4.78 is 0. The number of amides is 1. The average molecular weight is 276 g/mol. The van der Waals surface area contributed by atoms with Crippen LogP contribution in [0.1, 0.15) is 42.6 Å². The van der Waals surface area contributed by atoms with Crippen LogP contribution in [0.3, 0.4) is 0 Å². The first-order valence-corrected chi connectivity index (χ1v) is 7.29. The Balaban J connectivity index is 2.16. The van der Waals surface area contributed by atoms with E-state index in [0.717, 1.165) is 42.7 Å². The summed E-state index contributed by atoms with van der Waals surface area (Å²) in [5.74, 6) is 0.0190. The highest BCUT2D eigenvalue weighted by Gasteiger charge is 2.31. The number of carbonyl (C=O) groups excluding carboxylic acids is 1. The zero-order valence-corrected chi connectivity index (χ0v) is 12.6. The third-order valence-corrected chi connectivity index (χ3v) is 3.80. The molecule has 1 unspecified atom stereocenters. The summed E-state index contributed by atoms with van der Waals surface area (Å²) in [4.78, 5) is 14.3. The van der Waals surface area contributed by atoms with E-state index in [-0.39, 0.29) is 5.91 Å². The van der Waals surface area contributed by atoms with Gasteiger partial charge < -0.3 is 15.3 Å². The lowest BCUT2D eigenvalue weighted by Crippen LogP contribution is -2.48. The zero-order chi connectivity index (χ0) is 14.8. The first-order chi connectivity index (χ1) is 9.43. The summed E-state index contributed by atoms with van der Waals surface area (Å²) in [6, 6.07) is 5.81. The van der Waals surface area contributed by atoms with Gasteiger partial charge in [-0.3, -0.25) is 4.79 Å². The number of likely N-dealkylation sites (tertiary alicyclic amines) is 1. The molecule has 1 aromatic rings. The van der Waals surface area contributed by atoms with Gasteiger partial charge in [0.1, 0.15) is 0 Å². The van der Waals surface area contributed by atoms with E-state index in [2.05, 4.69) is 5.32 Å². The van der Waals surface area contributed by atoms with E-state index in [1.165, 1.54) is 0 Å². The van der Waals surface area contributed by atoms with Crippen LogP contribution in [0.4, 0.5) is 5.69 Å². The minimum Gasteiger partial charge on any atom is -0.388 e. The van der Waals surface area contributed by atoms with Gasteiger partial charge in [-0.2, -0.15) is 0 Å². The van der Waals surface area contributed by atoms with Gasteiger partial charge in [-0.1, -0.05) is 0 Å². The van der Waals surface area contributed by atoms with Gasteiger partial charge in [0.05, 0.1) is 5.60 Å². The molecule has 1 aliphatic rings. The number of anilines is 1. The van der Waals surface area contributed by atoms with E-state index in [1.54, 1.807) is 11.8 Å². The van der Waals surface area contributed by atoms with Crippen molar-refractivity contribution in [1.29, 1.82) is 0 Å². The van der Waals surface area contributed by atoms with Gasteiger partial charge in [0.15, 0.2) is 0 Å². The molecule has 2 rings (SSSR count). The fourth-order valence-corrected chi connectivity index (χ4v) is 2.78. The van der Waals surface area contributed by atoms with E-state index in [0.29, 0.717) is 6.54 Å².